The van der Waals surface area contributed by atoms with Gasteiger partial charge in [-0.1, -0.05) is 48.5 Å². The largest absolute Gasteiger partial charge is 0.338 e. The standard InChI is InChI=1S/C19H12Br2N2/c20-15-9-5-8-13(18(15)21)12-6-1-2-7-14(12)19-22-16-10-3-4-11-17(16)23-19/h1-11H,(H,22,23). The molecule has 0 radical (unpaired) electrons. The first-order valence-corrected chi connectivity index (χ1v) is 8.81. The molecule has 0 bridgehead atoms. The lowest BCUT2D eigenvalue weighted by atomic mass is 9.99. The van der Waals surface area contributed by atoms with Crippen molar-refractivity contribution in [3.8, 4) is 22.5 Å². The van der Waals surface area contributed by atoms with E-state index in [0.717, 1.165) is 42.5 Å². The molecule has 4 rings (SSSR count). The summed E-state index contributed by atoms with van der Waals surface area (Å²) in [6, 6.07) is 22.6. The lowest BCUT2D eigenvalue weighted by Gasteiger charge is -2.10. The fourth-order valence-electron chi connectivity index (χ4n) is 2.72. The number of para-hydroxylation sites is 2. The van der Waals surface area contributed by atoms with Gasteiger partial charge >= 0.3 is 0 Å². The summed E-state index contributed by atoms with van der Waals surface area (Å²) in [5, 5.41) is 0. The summed E-state index contributed by atoms with van der Waals surface area (Å²) < 4.78 is 2.08. The van der Waals surface area contributed by atoms with Gasteiger partial charge < -0.3 is 4.98 Å². The maximum absolute atomic E-state index is 4.74. The third-order valence-electron chi connectivity index (χ3n) is 3.81. The topological polar surface area (TPSA) is 28.7 Å². The Hall–Kier alpha value is -1.91. The van der Waals surface area contributed by atoms with Crippen LogP contribution in [0.25, 0.3) is 33.5 Å². The highest BCUT2D eigenvalue weighted by Crippen LogP contribution is 2.38. The third kappa shape index (κ3) is 2.62. The Kier molecular flexibility index (Phi) is 3.79. The fourth-order valence-corrected chi connectivity index (χ4v) is 3.56. The summed E-state index contributed by atoms with van der Waals surface area (Å²) in [6.07, 6.45) is 0. The number of nitrogens with zero attached hydrogens (tertiary/aromatic N) is 1. The van der Waals surface area contributed by atoms with Crippen molar-refractivity contribution in [3.05, 3.63) is 75.7 Å². The molecule has 1 aromatic heterocycles. The van der Waals surface area contributed by atoms with Crippen molar-refractivity contribution in [2.24, 2.45) is 0 Å². The molecule has 2 nitrogen and oxygen atoms in total. The minimum atomic E-state index is 0.883. The second-order valence-electron chi connectivity index (χ2n) is 5.25. The number of aromatic nitrogens is 2. The lowest BCUT2D eigenvalue weighted by Crippen LogP contribution is -1.88. The second kappa shape index (κ2) is 5.95. The molecule has 0 atom stereocenters. The van der Waals surface area contributed by atoms with Gasteiger partial charge in [0.2, 0.25) is 0 Å². The van der Waals surface area contributed by atoms with Crippen LogP contribution in [0.5, 0.6) is 0 Å². The molecule has 1 heterocycles. The van der Waals surface area contributed by atoms with Crippen LogP contribution in [-0.2, 0) is 0 Å². The second-order valence-corrected chi connectivity index (χ2v) is 6.90. The van der Waals surface area contributed by atoms with Gasteiger partial charge in [-0.05, 0) is 61.2 Å². The fraction of sp³-hybridized carbons (Fsp3) is 0. The predicted molar refractivity (Wildman–Crippen MR) is 102 cm³/mol. The molecule has 112 valence electrons. The van der Waals surface area contributed by atoms with E-state index >= 15 is 0 Å². The third-order valence-corrected chi connectivity index (χ3v) is 5.86. The average Bonchev–Trinajstić information content (AvgIpc) is 3.01. The number of rotatable bonds is 2. The van der Waals surface area contributed by atoms with Crippen molar-refractivity contribution >= 4 is 42.9 Å². The lowest BCUT2D eigenvalue weighted by molar-refractivity contribution is 1.33. The molecule has 3 aromatic carbocycles. The van der Waals surface area contributed by atoms with Gasteiger partial charge in [0.1, 0.15) is 5.82 Å². The number of imidazole rings is 1. The van der Waals surface area contributed by atoms with Crippen LogP contribution in [0.4, 0.5) is 0 Å². The molecule has 4 heteroatoms. The van der Waals surface area contributed by atoms with E-state index in [1.165, 1.54) is 0 Å². The minimum absolute atomic E-state index is 0.883. The van der Waals surface area contributed by atoms with Crippen molar-refractivity contribution in [1.29, 1.82) is 0 Å². The first kappa shape index (κ1) is 14.7. The molecule has 0 saturated carbocycles. The molecular formula is C19H12Br2N2. The van der Waals surface area contributed by atoms with E-state index < -0.39 is 0 Å². The van der Waals surface area contributed by atoms with E-state index in [1.807, 2.05) is 42.5 Å². The van der Waals surface area contributed by atoms with Gasteiger partial charge in [-0.3, -0.25) is 0 Å². The smallest absolute Gasteiger partial charge is 0.139 e. The van der Waals surface area contributed by atoms with Crippen LogP contribution in [0.1, 0.15) is 0 Å². The van der Waals surface area contributed by atoms with Crippen molar-refractivity contribution in [3.63, 3.8) is 0 Å². The molecule has 0 unspecified atom stereocenters. The molecule has 23 heavy (non-hydrogen) atoms. The Morgan fingerprint density at radius 1 is 0.696 bits per heavy atom. The number of H-pyrrole nitrogens is 1. The van der Waals surface area contributed by atoms with Crippen molar-refractivity contribution in [1.82, 2.24) is 9.97 Å². The number of hydrogen-bond acceptors (Lipinski definition) is 1. The normalized spacial score (nSPS) is 11.0. The summed E-state index contributed by atoms with van der Waals surface area (Å²) in [6.45, 7) is 0. The van der Waals surface area contributed by atoms with Crippen molar-refractivity contribution in [2.75, 3.05) is 0 Å². The number of fused-ring (bicyclic) bond motifs is 1. The zero-order valence-electron chi connectivity index (χ0n) is 12.1. The van der Waals surface area contributed by atoms with Gasteiger partial charge in [0.05, 0.1) is 11.0 Å². The van der Waals surface area contributed by atoms with Crippen molar-refractivity contribution < 1.29 is 0 Å². The monoisotopic (exact) mass is 426 g/mol. The Labute approximate surface area is 150 Å². The number of nitrogens with one attached hydrogen (secondary N) is 1. The molecule has 4 aromatic rings. The van der Waals surface area contributed by atoms with Gasteiger partial charge in [0, 0.05) is 14.5 Å². The van der Waals surface area contributed by atoms with Crippen LogP contribution in [0.2, 0.25) is 0 Å². The van der Waals surface area contributed by atoms with Crippen LogP contribution in [0.3, 0.4) is 0 Å². The Balaban J connectivity index is 1.95. The van der Waals surface area contributed by atoms with Crippen LogP contribution >= 0.6 is 31.9 Å². The summed E-state index contributed by atoms with van der Waals surface area (Å²) in [5.41, 5.74) is 5.38. The molecule has 0 aliphatic rings. The molecule has 0 aliphatic carbocycles. The zero-order chi connectivity index (χ0) is 15.8. The number of benzene rings is 3. The number of halogens is 2. The highest BCUT2D eigenvalue weighted by atomic mass is 79.9. The zero-order valence-corrected chi connectivity index (χ0v) is 15.2. The van der Waals surface area contributed by atoms with E-state index in [0.29, 0.717) is 0 Å². The summed E-state index contributed by atoms with van der Waals surface area (Å²) >= 11 is 7.26. The van der Waals surface area contributed by atoms with Gasteiger partial charge in [-0.25, -0.2) is 4.98 Å². The Morgan fingerprint density at radius 2 is 1.39 bits per heavy atom. The summed E-state index contributed by atoms with van der Waals surface area (Å²) in [4.78, 5) is 8.16. The highest BCUT2D eigenvalue weighted by Gasteiger charge is 2.13. The predicted octanol–water partition coefficient (Wildman–Crippen LogP) is 6.42. The van der Waals surface area contributed by atoms with Gasteiger partial charge in [0.25, 0.3) is 0 Å². The van der Waals surface area contributed by atoms with Gasteiger partial charge in [-0.15, -0.1) is 0 Å². The van der Waals surface area contributed by atoms with Gasteiger partial charge in [-0.2, -0.15) is 0 Å². The first-order valence-electron chi connectivity index (χ1n) is 7.22. The quantitative estimate of drug-likeness (QED) is 0.392. The number of aromatic amines is 1. The van der Waals surface area contributed by atoms with Crippen LogP contribution in [0.15, 0.2) is 75.7 Å². The van der Waals surface area contributed by atoms with E-state index in [-0.39, 0.29) is 0 Å². The molecule has 0 saturated heterocycles. The van der Waals surface area contributed by atoms with Crippen LogP contribution in [0, 0.1) is 0 Å². The Morgan fingerprint density at radius 3 is 2.22 bits per heavy atom. The maximum atomic E-state index is 4.74. The average molecular weight is 428 g/mol. The minimum Gasteiger partial charge on any atom is -0.338 e. The number of hydrogen-bond donors (Lipinski definition) is 1. The van der Waals surface area contributed by atoms with Crippen LogP contribution < -0.4 is 0 Å². The van der Waals surface area contributed by atoms with E-state index in [1.54, 1.807) is 0 Å². The van der Waals surface area contributed by atoms with E-state index in [9.17, 15) is 0 Å². The molecular weight excluding hydrogens is 416 g/mol. The molecule has 0 spiro atoms. The first-order chi connectivity index (χ1) is 11.2. The van der Waals surface area contributed by atoms with E-state index in [4.69, 9.17) is 4.98 Å². The van der Waals surface area contributed by atoms with Crippen LogP contribution in [-0.4, -0.2) is 9.97 Å². The summed E-state index contributed by atoms with van der Waals surface area (Å²) in [5.74, 6) is 0.883. The maximum Gasteiger partial charge on any atom is 0.139 e. The van der Waals surface area contributed by atoms with Crippen molar-refractivity contribution in [2.45, 2.75) is 0 Å². The molecule has 0 amide bonds. The SMILES string of the molecule is Brc1cccc(-c2ccccc2-c2nc3ccccc3[nH]2)c1Br. The molecule has 1 N–H and O–H groups in total. The van der Waals surface area contributed by atoms with Gasteiger partial charge in [0.15, 0.2) is 0 Å². The highest BCUT2D eigenvalue weighted by molar-refractivity contribution is 9.13. The molecule has 0 fully saturated rings. The Bertz CT molecular complexity index is 972. The van der Waals surface area contributed by atoms with E-state index in [2.05, 4.69) is 61.1 Å². The summed E-state index contributed by atoms with van der Waals surface area (Å²) in [7, 11) is 0. The molecule has 0 aliphatic heterocycles.